The summed E-state index contributed by atoms with van der Waals surface area (Å²) in [7, 11) is 1.44. The molecule has 0 radical (unpaired) electrons. The average molecular weight is 214 g/mol. The first-order valence-electron chi connectivity index (χ1n) is 5.71. The van der Waals surface area contributed by atoms with Crippen LogP contribution in [0.5, 0.6) is 0 Å². The lowest BCUT2D eigenvalue weighted by molar-refractivity contribution is -0.143. The van der Waals surface area contributed by atoms with Crippen LogP contribution in [0.1, 0.15) is 20.3 Å². The van der Waals surface area contributed by atoms with Gasteiger partial charge in [-0.25, -0.2) is 0 Å². The summed E-state index contributed by atoms with van der Waals surface area (Å²) in [6, 6.07) is -0.176. The minimum atomic E-state index is -0.176. The predicted molar refractivity (Wildman–Crippen MR) is 59.7 cm³/mol. The largest absolute Gasteiger partial charge is 0.468 e. The van der Waals surface area contributed by atoms with Gasteiger partial charge in [-0.3, -0.25) is 4.79 Å². The van der Waals surface area contributed by atoms with Crippen molar-refractivity contribution in [2.75, 3.05) is 33.3 Å². The Labute approximate surface area is 92.0 Å². The van der Waals surface area contributed by atoms with Crippen molar-refractivity contribution < 1.29 is 9.53 Å². The van der Waals surface area contributed by atoms with Gasteiger partial charge in [-0.05, 0) is 25.4 Å². The highest BCUT2D eigenvalue weighted by molar-refractivity contribution is 5.75. The van der Waals surface area contributed by atoms with Gasteiger partial charge >= 0.3 is 5.97 Å². The molecule has 15 heavy (non-hydrogen) atoms. The van der Waals surface area contributed by atoms with Crippen LogP contribution in [0.4, 0.5) is 0 Å². The van der Waals surface area contributed by atoms with E-state index in [9.17, 15) is 4.79 Å². The van der Waals surface area contributed by atoms with Crippen LogP contribution in [0.15, 0.2) is 0 Å². The van der Waals surface area contributed by atoms with Crippen LogP contribution in [0.25, 0.3) is 0 Å². The second kappa shape index (κ2) is 6.08. The first-order chi connectivity index (χ1) is 7.17. The Morgan fingerprint density at radius 2 is 2.40 bits per heavy atom. The zero-order chi connectivity index (χ0) is 11.3. The topological polar surface area (TPSA) is 41.6 Å². The van der Waals surface area contributed by atoms with Crippen LogP contribution in [0, 0.1) is 5.92 Å². The van der Waals surface area contributed by atoms with E-state index in [2.05, 4.69) is 17.1 Å². The molecule has 0 saturated carbocycles. The van der Waals surface area contributed by atoms with Crippen molar-refractivity contribution in [3.63, 3.8) is 0 Å². The second-order valence-electron chi connectivity index (χ2n) is 4.29. The summed E-state index contributed by atoms with van der Waals surface area (Å²) in [4.78, 5) is 13.8. The quantitative estimate of drug-likeness (QED) is 0.676. The minimum absolute atomic E-state index is 0.156. The molecule has 4 heteroatoms. The molecule has 2 atom stereocenters. The lowest BCUT2D eigenvalue weighted by atomic mass is 10.2. The number of nitrogens with one attached hydrogen (secondary N) is 1. The number of nitrogens with zero attached hydrogens (tertiary/aromatic N) is 1. The van der Waals surface area contributed by atoms with E-state index < -0.39 is 0 Å². The monoisotopic (exact) mass is 214 g/mol. The van der Waals surface area contributed by atoms with Crippen LogP contribution in [-0.2, 0) is 9.53 Å². The molecule has 0 bridgehead atoms. The Morgan fingerprint density at radius 1 is 1.67 bits per heavy atom. The summed E-state index contributed by atoms with van der Waals surface area (Å²) in [6.07, 6.45) is 1.24. The van der Waals surface area contributed by atoms with Gasteiger partial charge in [-0.15, -0.1) is 0 Å². The van der Waals surface area contributed by atoms with Gasteiger partial charge in [-0.2, -0.15) is 0 Å². The molecule has 88 valence electrons. The van der Waals surface area contributed by atoms with Gasteiger partial charge in [0.05, 0.1) is 7.11 Å². The molecule has 0 aliphatic carbocycles. The van der Waals surface area contributed by atoms with E-state index in [1.54, 1.807) is 0 Å². The standard InChI is InChI=1S/C11H22N2O2/c1-4-12-10(11(14)15-3)8-13-6-5-9(2)7-13/h9-10,12H,4-8H2,1-3H3. The number of methoxy groups -OCH3 is 1. The van der Waals surface area contributed by atoms with Crippen molar-refractivity contribution >= 4 is 5.97 Å². The number of hydrogen-bond donors (Lipinski definition) is 1. The predicted octanol–water partition coefficient (Wildman–Crippen LogP) is 0.479. The van der Waals surface area contributed by atoms with Crippen LogP contribution in [0.2, 0.25) is 0 Å². The number of likely N-dealkylation sites (N-methyl/N-ethyl adjacent to an activating group) is 1. The Bertz CT molecular complexity index is 209. The Hall–Kier alpha value is -0.610. The van der Waals surface area contributed by atoms with Gasteiger partial charge < -0.3 is 15.0 Å². The molecule has 1 N–H and O–H groups in total. The zero-order valence-corrected chi connectivity index (χ0v) is 9.95. The summed E-state index contributed by atoms with van der Waals surface area (Å²) in [5, 5.41) is 3.16. The van der Waals surface area contributed by atoms with Crippen molar-refractivity contribution in [1.29, 1.82) is 0 Å². The number of carbonyl (C=O) groups excluding carboxylic acids is 1. The fourth-order valence-corrected chi connectivity index (χ4v) is 2.06. The first-order valence-corrected chi connectivity index (χ1v) is 5.71. The molecule has 1 aliphatic rings. The maximum absolute atomic E-state index is 11.5. The maximum Gasteiger partial charge on any atom is 0.324 e. The molecule has 0 aromatic rings. The molecule has 0 aromatic carbocycles. The highest BCUT2D eigenvalue weighted by Crippen LogP contribution is 2.15. The lowest BCUT2D eigenvalue weighted by Crippen LogP contribution is -2.46. The van der Waals surface area contributed by atoms with Gasteiger partial charge in [0.2, 0.25) is 0 Å². The van der Waals surface area contributed by atoms with Crippen molar-refractivity contribution in [3.8, 4) is 0 Å². The molecule has 4 nitrogen and oxygen atoms in total. The summed E-state index contributed by atoms with van der Waals surface area (Å²) < 4.78 is 4.77. The smallest absolute Gasteiger partial charge is 0.324 e. The van der Waals surface area contributed by atoms with E-state index in [0.29, 0.717) is 0 Å². The third kappa shape index (κ3) is 3.80. The maximum atomic E-state index is 11.5. The first kappa shape index (κ1) is 12.5. The molecule has 1 aliphatic heterocycles. The number of ether oxygens (including phenoxy) is 1. The normalized spacial score (nSPS) is 24.1. The van der Waals surface area contributed by atoms with E-state index >= 15 is 0 Å². The number of likely N-dealkylation sites (tertiary alicyclic amines) is 1. The van der Waals surface area contributed by atoms with Crippen LogP contribution in [-0.4, -0.2) is 50.2 Å². The summed E-state index contributed by atoms with van der Waals surface area (Å²) in [6.45, 7) is 8.01. The molecule has 1 saturated heterocycles. The molecule has 0 spiro atoms. The van der Waals surface area contributed by atoms with Crippen molar-refractivity contribution in [3.05, 3.63) is 0 Å². The Morgan fingerprint density at radius 3 is 2.87 bits per heavy atom. The lowest BCUT2D eigenvalue weighted by Gasteiger charge is -2.22. The SMILES string of the molecule is CCNC(CN1CCC(C)C1)C(=O)OC. The summed E-state index contributed by atoms with van der Waals surface area (Å²) >= 11 is 0. The van der Waals surface area contributed by atoms with Crippen LogP contribution >= 0.6 is 0 Å². The fraction of sp³-hybridized carbons (Fsp3) is 0.909. The molecule has 1 fully saturated rings. The van der Waals surface area contributed by atoms with Crippen LogP contribution < -0.4 is 5.32 Å². The molecule has 0 amide bonds. The van der Waals surface area contributed by atoms with Gasteiger partial charge in [-0.1, -0.05) is 13.8 Å². The average Bonchev–Trinajstić information content (AvgIpc) is 2.62. The van der Waals surface area contributed by atoms with Crippen molar-refractivity contribution in [2.45, 2.75) is 26.3 Å². The fourth-order valence-electron chi connectivity index (χ4n) is 2.06. The molecular formula is C11H22N2O2. The highest BCUT2D eigenvalue weighted by Gasteiger charge is 2.25. The Balaban J connectivity index is 2.40. The molecular weight excluding hydrogens is 192 g/mol. The molecule has 2 unspecified atom stereocenters. The number of rotatable bonds is 5. The summed E-state index contributed by atoms with van der Waals surface area (Å²) in [5.74, 6) is 0.598. The van der Waals surface area contributed by atoms with Crippen molar-refractivity contribution in [1.82, 2.24) is 10.2 Å². The minimum Gasteiger partial charge on any atom is -0.468 e. The van der Waals surface area contributed by atoms with E-state index in [0.717, 1.165) is 32.1 Å². The van der Waals surface area contributed by atoms with E-state index in [1.165, 1.54) is 13.5 Å². The van der Waals surface area contributed by atoms with Gasteiger partial charge in [0.15, 0.2) is 0 Å². The zero-order valence-electron chi connectivity index (χ0n) is 9.95. The number of carbonyl (C=O) groups is 1. The van der Waals surface area contributed by atoms with Gasteiger partial charge in [0.1, 0.15) is 6.04 Å². The Kier molecular flexibility index (Phi) is 5.05. The second-order valence-corrected chi connectivity index (χ2v) is 4.29. The van der Waals surface area contributed by atoms with E-state index in [-0.39, 0.29) is 12.0 Å². The van der Waals surface area contributed by atoms with Crippen molar-refractivity contribution in [2.24, 2.45) is 5.92 Å². The van der Waals surface area contributed by atoms with E-state index in [4.69, 9.17) is 4.74 Å². The van der Waals surface area contributed by atoms with Gasteiger partial charge in [0.25, 0.3) is 0 Å². The number of hydrogen-bond acceptors (Lipinski definition) is 4. The molecule has 0 aromatic heterocycles. The third-order valence-electron chi connectivity index (χ3n) is 2.88. The number of esters is 1. The molecule has 1 heterocycles. The van der Waals surface area contributed by atoms with E-state index in [1.807, 2.05) is 6.92 Å². The molecule has 1 rings (SSSR count). The third-order valence-corrected chi connectivity index (χ3v) is 2.88. The highest BCUT2D eigenvalue weighted by atomic mass is 16.5. The summed E-state index contributed by atoms with van der Waals surface area (Å²) in [5.41, 5.74) is 0. The van der Waals surface area contributed by atoms with Gasteiger partial charge in [0, 0.05) is 13.1 Å². The van der Waals surface area contributed by atoms with Crippen LogP contribution in [0.3, 0.4) is 0 Å².